The van der Waals surface area contributed by atoms with Gasteiger partial charge in [-0.15, -0.1) is 0 Å². The molecule has 0 aliphatic rings. The molecule has 4 heteroatoms. The van der Waals surface area contributed by atoms with Crippen LogP contribution in [0.5, 0.6) is 0 Å². The highest BCUT2D eigenvalue weighted by molar-refractivity contribution is 5.60. The summed E-state index contributed by atoms with van der Waals surface area (Å²) in [7, 11) is 0. The fraction of sp³-hybridized carbons (Fsp3) is 0.0769. The van der Waals surface area contributed by atoms with Crippen LogP contribution in [0.25, 0.3) is 0 Å². The lowest BCUT2D eigenvalue weighted by Crippen LogP contribution is -1.95. The maximum atomic E-state index is 13.6. The molecule has 0 aliphatic heterocycles. The van der Waals surface area contributed by atoms with E-state index in [1.165, 1.54) is 12.1 Å². The third-order valence-electron chi connectivity index (χ3n) is 2.25. The van der Waals surface area contributed by atoms with Crippen LogP contribution in [-0.2, 0) is 0 Å². The molecule has 84 valence electrons. The molecule has 17 heavy (non-hydrogen) atoms. The van der Waals surface area contributed by atoms with E-state index in [0.29, 0.717) is 16.9 Å². The van der Waals surface area contributed by atoms with Crippen molar-refractivity contribution in [1.82, 2.24) is 4.98 Å². The van der Waals surface area contributed by atoms with Crippen LogP contribution in [0.1, 0.15) is 11.1 Å². The second-order valence-electron chi connectivity index (χ2n) is 3.68. The molecular formula is C13H10FN3. The van der Waals surface area contributed by atoms with Crippen LogP contribution in [0.2, 0.25) is 0 Å². The van der Waals surface area contributed by atoms with Gasteiger partial charge in [-0.3, -0.25) is 4.98 Å². The molecule has 1 aromatic carbocycles. The first-order valence-electron chi connectivity index (χ1n) is 5.07. The minimum atomic E-state index is -0.453. The third-order valence-corrected chi connectivity index (χ3v) is 2.25. The zero-order valence-electron chi connectivity index (χ0n) is 9.24. The van der Waals surface area contributed by atoms with Crippen LogP contribution in [0.15, 0.2) is 36.7 Å². The molecule has 0 amide bonds. The Morgan fingerprint density at radius 3 is 2.76 bits per heavy atom. The number of nitrogens with zero attached hydrogens (tertiary/aromatic N) is 2. The second-order valence-corrected chi connectivity index (χ2v) is 3.68. The molecule has 3 nitrogen and oxygen atoms in total. The number of nitrogens with one attached hydrogen (secondary N) is 1. The van der Waals surface area contributed by atoms with Gasteiger partial charge in [-0.25, -0.2) is 4.39 Å². The molecule has 0 bridgehead atoms. The number of benzene rings is 1. The Balaban J connectivity index is 2.28. The van der Waals surface area contributed by atoms with Crippen LogP contribution >= 0.6 is 0 Å². The topological polar surface area (TPSA) is 48.7 Å². The molecule has 0 radical (unpaired) electrons. The molecule has 0 fully saturated rings. The van der Waals surface area contributed by atoms with Gasteiger partial charge in [0.05, 0.1) is 29.2 Å². The van der Waals surface area contributed by atoms with Crippen molar-refractivity contribution in [2.45, 2.75) is 6.92 Å². The number of halogens is 1. The van der Waals surface area contributed by atoms with Gasteiger partial charge >= 0.3 is 0 Å². The smallest absolute Gasteiger partial charge is 0.147 e. The average molecular weight is 227 g/mol. The van der Waals surface area contributed by atoms with Gasteiger partial charge in [0.15, 0.2) is 0 Å². The predicted molar refractivity (Wildman–Crippen MR) is 63.4 cm³/mol. The van der Waals surface area contributed by atoms with Crippen molar-refractivity contribution in [2.75, 3.05) is 5.32 Å². The molecule has 1 N–H and O–H groups in total. The predicted octanol–water partition coefficient (Wildman–Crippen LogP) is 3.14. The van der Waals surface area contributed by atoms with Crippen LogP contribution in [0, 0.1) is 24.1 Å². The average Bonchev–Trinajstić information content (AvgIpc) is 2.32. The molecule has 2 rings (SSSR count). The lowest BCUT2D eigenvalue weighted by Gasteiger charge is -2.07. The number of hydrogen-bond acceptors (Lipinski definition) is 3. The molecule has 0 atom stereocenters. The Morgan fingerprint density at radius 2 is 2.12 bits per heavy atom. The quantitative estimate of drug-likeness (QED) is 0.857. The van der Waals surface area contributed by atoms with E-state index in [2.05, 4.69) is 10.3 Å². The van der Waals surface area contributed by atoms with Crippen molar-refractivity contribution in [3.8, 4) is 6.07 Å². The summed E-state index contributed by atoms with van der Waals surface area (Å²) in [4.78, 5) is 4.01. The van der Waals surface area contributed by atoms with Crippen molar-refractivity contribution < 1.29 is 4.39 Å². The summed E-state index contributed by atoms with van der Waals surface area (Å²) in [5.41, 5.74) is 2.34. The SMILES string of the molecule is Cc1cncc(Nc2ccc(C#N)cc2F)c1. The maximum absolute atomic E-state index is 13.6. The van der Waals surface area contributed by atoms with E-state index in [1.807, 2.05) is 19.1 Å². The van der Waals surface area contributed by atoms with E-state index < -0.39 is 5.82 Å². The van der Waals surface area contributed by atoms with Gasteiger partial charge in [0.2, 0.25) is 0 Å². The Morgan fingerprint density at radius 1 is 1.29 bits per heavy atom. The van der Waals surface area contributed by atoms with Gasteiger partial charge in [-0.1, -0.05) is 0 Å². The first-order valence-corrected chi connectivity index (χ1v) is 5.07. The van der Waals surface area contributed by atoms with Gasteiger partial charge < -0.3 is 5.32 Å². The van der Waals surface area contributed by atoms with Crippen LogP contribution < -0.4 is 5.32 Å². The molecule has 0 saturated carbocycles. The summed E-state index contributed by atoms with van der Waals surface area (Å²) in [6, 6.07) is 8.06. The minimum absolute atomic E-state index is 0.301. The molecule has 0 unspecified atom stereocenters. The monoisotopic (exact) mass is 227 g/mol. The second kappa shape index (κ2) is 4.62. The van der Waals surface area contributed by atoms with E-state index in [4.69, 9.17) is 5.26 Å². The highest BCUT2D eigenvalue weighted by atomic mass is 19.1. The lowest BCUT2D eigenvalue weighted by atomic mass is 10.2. The number of rotatable bonds is 2. The van der Waals surface area contributed by atoms with Gasteiger partial charge in [-0.05, 0) is 36.8 Å². The third kappa shape index (κ3) is 2.58. The Labute approximate surface area is 98.5 Å². The number of aryl methyl sites for hydroxylation is 1. The summed E-state index contributed by atoms with van der Waals surface area (Å²) in [6.07, 6.45) is 3.34. The van der Waals surface area contributed by atoms with E-state index in [0.717, 1.165) is 5.56 Å². The molecule has 1 heterocycles. The maximum Gasteiger partial charge on any atom is 0.147 e. The van der Waals surface area contributed by atoms with Crippen molar-refractivity contribution in [1.29, 1.82) is 5.26 Å². The van der Waals surface area contributed by atoms with Crippen molar-refractivity contribution in [3.63, 3.8) is 0 Å². The van der Waals surface area contributed by atoms with Crippen LogP contribution in [0.4, 0.5) is 15.8 Å². The number of nitriles is 1. The van der Waals surface area contributed by atoms with E-state index >= 15 is 0 Å². The molecular weight excluding hydrogens is 217 g/mol. The van der Waals surface area contributed by atoms with Crippen molar-refractivity contribution >= 4 is 11.4 Å². The number of anilines is 2. The Bertz CT molecular complexity index is 587. The van der Waals surface area contributed by atoms with Crippen LogP contribution in [-0.4, -0.2) is 4.98 Å². The van der Waals surface area contributed by atoms with Gasteiger partial charge in [0.1, 0.15) is 5.82 Å². The normalized spacial score (nSPS) is 9.71. The minimum Gasteiger partial charge on any atom is -0.352 e. The number of pyridine rings is 1. The Kier molecular flexibility index (Phi) is 3.01. The van der Waals surface area contributed by atoms with Crippen molar-refractivity contribution in [2.24, 2.45) is 0 Å². The first-order chi connectivity index (χ1) is 8.19. The Hall–Kier alpha value is -2.41. The fourth-order valence-corrected chi connectivity index (χ4v) is 1.46. The first kappa shape index (κ1) is 11.1. The molecule has 1 aromatic heterocycles. The summed E-state index contributed by atoms with van der Waals surface area (Å²) in [5, 5.41) is 11.5. The summed E-state index contributed by atoms with van der Waals surface area (Å²) >= 11 is 0. The van der Waals surface area contributed by atoms with Gasteiger partial charge in [-0.2, -0.15) is 5.26 Å². The van der Waals surface area contributed by atoms with Gasteiger partial charge in [0.25, 0.3) is 0 Å². The number of aromatic nitrogens is 1. The molecule has 0 saturated heterocycles. The van der Waals surface area contributed by atoms with E-state index in [9.17, 15) is 4.39 Å². The lowest BCUT2D eigenvalue weighted by molar-refractivity contribution is 0.631. The van der Waals surface area contributed by atoms with Gasteiger partial charge in [0, 0.05) is 6.20 Å². The highest BCUT2D eigenvalue weighted by Gasteiger charge is 2.04. The zero-order chi connectivity index (χ0) is 12.3. The highest BCUT2D eigenvalue weighted by Crippen LogP contribution is 2.20. The standard InChI is InChI=1S/C13H10FN3/c1-9-4-11(8-16-7-9)17-13-3-2-10(6-15)5-12(13)14/h2-5,7-8,17H,1H3. The largest absolute Gasteiger partial charge is 0.352 e. The van der Waals surface area contributed by atoms with Crippen LogP contribution in [0.3, 0.4) is 0 Å². The van der Waals surface area contributed by atoms with E-state index in [-0.39, 0.29) is 0 Å². The summed E-state index contributed by atoms with van der Waals surface area (Å²) in [5.74, 6) is -0.453. The fourth-order valence-electron chi connectivity index (χ4n) is 1.46. The van der Waals surface area contributed by atoms with Crippen molar-refractivity contribution in [3.05, 3.63) is 53.6 Å². The summed E-state index contributed by atoms with van der Waals surface area (Å²) in [6.45, 7) is 1.91. The number of hydrogen-bond donors (Lipinski definition) is 1. The molecule has 0 aliphatic carbocycles. The summed E-state index contributed by atoms with van der Waals surface area (Å²) < 4.78 is 13.6. The molecule has 2 aromatic rings. The molecule has 0 spiro atoms. The van der Waals surface area contributed by atoms with E-state index in [1.54, 1.807) is 18.5 Å². The zero-order valence-corrected chi connectivity index (χ0v) is 9.24.